The number of oxime groups is 2. The molecule has 8 aromatic rings. The van der Waals surface area contributed by atoms with Crippen LogP contribution in [-0.4, -0.2) is 42.3 Å². The fraction of sp³-hybridized carbons (Fsp3) is 0. The maximum atomic E-state index is 13.9. The number of hydrogen-bond donors (Lipinski definition) is 6. The first kappa shape index (κ1) is 37.4. The van der Waals surface area contributed by atoms with Gasteiger partial charge in [0.2, 0.25) is 0 Å². The van der Waals surface area contributed by atoms with Crippen molar-refractivity contribution in [2.45, 2.75) is 0 Å². The van der Waals surface area contributed by atoms with Gasteiger partial charge in [-0.2, -0.15) is 5.10 Å². The molecule has 56 heavy (non-hydrogen) atoms. The lowest BCUT2D eigenvalue weighted by molar-refractivity contribution is 0.318. The Hall–Kier alpha value is -6.90. The average molecular weight is 798 g/mol. The number of benzene rings is 6. The molecule has 16 heteroatoms. The number of nitrogens with one attached hydrogen (secondary N) is 2. The number of hydrogen-bond acceptors (Lipinski definition) is 6. The van der Waals surface area contributed by atoms with Crippen molar-refractivity contribution < 1.29 is 28.0 Å². The van der Waals surface area contributed by atoms with Gasteiger partial charge in [0.1, 0.15) is 23.3 Å². The molecule has 0 saturated carbocycles. The third-order valence-electron chi connectivity index (χ3n) is 8.76. The topological polar surface area (TPSA) is 175 Å². The van der Waals surface area contributed by atoms with E-state index in [0.29, 0.717) is 37.9 Å². The van der Waals surface area contributed by atoms with Crippen molar-refractivity contribution in [2.24, 2.45) is 21.8 Å². The van der Waals surface area contributed by atoms with Crippen LogP contribution in [-0.2, 0) is 0 Å². The molecule has 2 aromatic heterocycles. The van der Waals surface area contributed by atoms with Gasteiger partial charge in [-0.05, 0) is 106 Å². The molecular weight excluding hydrogens is 771 g/mol. The Kier molecular flexibility index (Phi) is 10.3. The number of H-pyrrole nitrogens is 2. The molecule has 0 radical (unpaired) electrons. The van der Waals surface area contributed by atoms with Crippen molar-refractivity contribution in [2.75, 3.05) is 0 Å². The number of amidine groups is 2. The molecule has 0 aliphatic heterocycles. The van der Waals surface area contributed by atoms with Crippen molar-refractivity contribution in [3.8, 4) is 44.5 Å². The van der Waals surface area contributed by atoms with Crippen LogP contribution in [0.3, 0.4) is 0 Å². The lowest BCUT2D eigenvalue weighted by atomic mass is 9.89. The first-order chi connectivity index (χ1) is 26.9. The highest BCUT2D eigenvalue weighted by atomic mass is 35.5. The molecule has 6 aromatic carbocycles. The first-order valence-corrected chi connectivity index (χ1v) is 17.1. The van der Waals surface area contributed by atoms with Gasteiger partial charge < -0.3 is 26.9 Å². The molecule has 0 saturated heterocycles. The summed E-state index contributed by atoms with van der Waals surface area (Å²) in [4.78, 5) is 7.20. The van der Waals surface area contributed by atoms with Crippen LogP contribution in [0.25, 0.3) is 66.4 Å². The Bertz CT molecular complexity index is 2630. The van der Waals surface area contributed by atoms with Crippen molar-refractivity contribution in [1.82, 2.24) is 20.2 Å². The molecule has 0 atom stereocenters. The second-order valence-electron chi connectivity index (χ2n) is 12.3. The van der Waals surface area contributed by atoms with E-state index in [1.807, 2.05) is 30.3 Å². The summed E-state index contributed by atoms with van der Waals surface area (Å²) in [6.07, 6.45) is 3.23. The van der Waals surface area contributed by atoms with E-state index in [2.05, 4.69) is 30.5 Å². The van der Waals surface area contributed by atoms with Crippen LogP contribution in [0.2, 0.25) is 10.0 Å². The minimum absolute atomic E-state index is 0.229. The van der Waals surface area contributed by atoms with E-state index in [0.717, 1.165) is 39.6 Å². The highest BCUT2D eigenvalue weighted by Gasteiger charge is 2.21. The van der Waals surface area contributed by atoms with E-state index in [1.54, 1.807) is 30.7 Å². The van der Waals surface area contributed by atoms with Gasteiger partial charge in [-0.15, -0.1) is 0 Å². The molecule has 0 unspecified atom stereocenters. The maximum absolute atomic E-state index is 13.9. The number of aromatic amines is 2. The molecular formula is C40H26Cl2F4N8O2. The second kappa shape index (κ2) is 15.5. The Morgan fingerprint density at radius 2 is 1.09 bits per heavy atom. The number of halogens is 6. The third kappa shape index (κ3) is 7.56. The smallest absolute Gasteiger partial charge is 0.170 e. The average Bonchev–Trinajstić information content (AvgIpc) is 3.85. The molecule has 10 nitrogen and oxygen atoms in total. The highest BCUT2D eigenvalue weighted by Crippen LogP contribution is 2.40. The van der Waals surface area contributed by atoms with Gasteiger partial charge in [0.25, 0.3) is 0 Å². The van der Waals surface area contributed by atoms with E-state index in [-0.39, 0.29) is 33.9 Å². The summed E-state index contributed by atoms with van der Waals surface area (Å²) in [5.74, 6) is -3.44. The van der Waals surface area contributed by atoms with Crippen molar-refractivity contribution in [3.63, 3.8) is 0 Å². The van der Waals surface area contributed by atoms with Crippen molar-refractivity contribution in [3.05, 3.63) is 154 Å². The number of nitrogens with zero attached hydrogens (tertiary/aromatic N) is 4. The van der Waals surface area contributed by atoms with Crippen LogP contribution in [0.1, 0.15) is 11.1 Å². The molecule has 2 heterocycles. The van der Waals surface area contributed by atoms with E-state index < -0.39 is 23.3 Å². The zero-order chi connectivity index (χ0) is 39.7. The molecule has 0 fully saturated rings. The zero-order valence-electron chi connectivity index (χ0n) is 28.5. The van der Waals surface area contributed by atoms with E-state index in [9.17, 15) is 28.0 Å². The predicted octanol–water partition coefficient (Wildman–Crippen LogP) is 9.85. The Morgan fingerprint density at radius 3 is 1.61 bits per heavy atom. The Labute approximate surface area is 324 Å². The molecule has 0 amide bonds. The SMILES string of the molecule is NC(=NO)c1cc(Cl)cc(-c2ccc3[nH]ncc3c2)c1-c1cc(F)cc(F)c1.NC(=NO)c1cc(Cl)cc(-c2ccc3nc[nH]c3c2)c1-c1cc(F)cc(F)c1. The number of imidazole rings is 1. The number of fused-ring (bicyclic) bond motifs is 2. The van der Waals surface area contributed by atoms with E-state index >= 15 is 0 Å². The Morgan fingerprint density at radius 1 is 0.589 bits per heavy atom. The van der Waals surface area contributed by atoms with Gasteiger partial charge >= 0.3 is 0 Å². The molecule has 0 bridgehead atoms. The fourth-order valence-electron chi connectivity index (χ4n) is 6.41. The lowest BCUT2D eigenvalue weighted by Crippen LogP contribution is -2.15. The summed E-state index contributed by atoms with van der Waals surface area (Å²) in [6.45, 7) is 0. The number of rotatable bonds is 6. The van der Waals surface area contributed by atoms with Crippen LogP contribution < -0.4 is 11.5 Å². The van der Waals surface area contributed by atoms with Crippen LogP contribution in [0.5, 0.6) is 0 Å². The van der Waals surface area contributed by atoms with Gasteiger partial charge in [0.05, 0.1) is 29.1 Å². The standard InChI is InChI=1S/2C20H13ClF2N4O/c21-12-6-15(10-1-2-17-18(5-10)26-9-25-17)19(16(7-12)20(24)27-28)11-3-13(22)8-14(23)4-11;21-13-6-16(10-1-2-18-12(3-10)9-25-26-18)19(17(7-13)20(24)27-28)11-4-14(22)8-15(23)5-11/h2*1-9,28H,(H2,24,27)(H,25,26). The highest BCUT2D eigenvalue weighted by molar-refractivity contribution is 6.32. The quantitative estimate of drug-likeness (QED) is 0.0321. The zero-order valence-corrected chi connectivity index (χ0v) is 30.0. The van der Waals surface area contributed by atoms with Crippen LogP contribution in [0.4, 0.5) is 17.6 Å². The summed E-state index contributed by atoms with van der Waals surface area (Å²) in [6, 6.07) is 23.5. The van der Waals surface area contributed by atoms with E-state index in [1.165, 1.54) is 36.4 Å². The monoisotopic (exact) mass is 796 g/mol. The molecule has 0 aliphatic carbocycles. The van der Waals surface area contributed by atoms with Gasteiger partial charge in [0, 0.05) is 49.8 Å². The summed E-state index contributed by atoms with van der Waals surface area (Å²) in [5, 5.41) is 32.8. The van der Waals surface area contributed by atoms with Crippen LogP contribution in [0, 0.1) is 23.3 Å². The lowest BCUT2D eigenvalue weighted by Gasteiger charge is -2.16. The van der Waals surface area contributed by atoms with Gasteiger partial charge in [-0.25, -0.2) is 22.5 Å². The Balaban J connectivity index is 0.000000172. The minimum Gasteiger partial charge on any atom is -0.409 e. The third-order valence-corrected chi connectivity index (χ3v) is 9.19. The predicted molar refractivity (Wildman–Crippen MR) is 209 cm³/mol. The molecule has 8 rings (SSSR count). The van der Waals surface area contributed by atoms with Crippen LogP contribution >= 0.6 is 23.2 Å². The maximum Gasteiger partial charge on any atom is 0.170 e. The number of nitrogens with two attached hydrogens (primary N) is 2. The second-order valence-corrected chi connectivity index (χ2v) is 13.2. The van der Waals surface area contributed by atoms with Gasteiger partial charge in [-0.1, -0.05) is 45.6 Å². The fourth-order valence-corrected chi connectivity index (χ4v) is 6.85. The summed E-state index contributed by atoms with van der Waals surface area (Å²) >= 11 is 12.5. The first-order valence-electron chi connectivity index (χ1n) is 16.3. The molecule has 0 spiro atoms. The van der Waals surface area contributed by atoms with Crippen molar-refractivity contribution >= 4 is 56.8 Å². The summed E-state index contributed by atoms with van der Waals surface area (Å²) < 4.78 is 55.7. The molecule has 280 valence electrons. The summed E-state index contributed by atoms with van der Waals surface area (Å²) in [5.41, 5.74) is 18.4. The van der Waals surface area contributed by atoms with Crippen molar-refractivity contribution in [1.29, 1.82) is 0 Å². The molecule has 0 aliphatic rings. The van der Waals surface area contributed by atoms with Crippen LogP contribution in [0.15, 0.2) is 120 Å². The molecule has 8 N–H and O–H groups in total. The van der Waals surface area contributed by atoms with Gasteiger partial charge in [0.15, 0.2) is 11.7 Å². The number of aromatic nitrogens is 4. The van der Waals surface area contributed by atoms with Gasteiger partial charge in [-0.3, -0.25) is 5.10 Å². The van der Waals surface area contributed by atoms with E-state index in [4.69, 9.17) is 34.7 Å². The normalized spacial score (nSPS) is 11.9. The minimum atomic E-state index is -0.745. The summed E-state index contributed by atoms with van der Waals surface area (Å²) in [7, 11) is 0. The largest absolute Gasteiger partial charge is 0.409 e.